The normalized spacial score (nSPS) is 10.4. The SMILES string of the molecule is Nc1c(I)ccc2ccccc12. The lowest BCUT2D eigenvalue weighted by atomic mass is 10.1. The van der Waals surface area contributed by atoms with Crippen LogP contribution in [0.1, 0.15) is 0 Å². The number of anilines is 1. The molecule has 0 spiro atoms. The second kappa shape index (κ2) is 2.94. The molecule has 2 aromatic carbocycles. The molecule has 0 amide bonds. The van der Waals surface area contributed by atoms with Crippen molar-refractivity contribution in [3.05, 3.63) is 40.0 Å². The maximum absolute atomic E-state index is 5.91. The van der Waals surface area contributed by atoms with Crippen LogP contribution in [0.2, 0.25) is 0 Å². The Balaban J connectivity index is 2.91. The van der Waals surface area contributed by atoms with Crippen LogP contribution in [-0.4, -0.2) is 0 Å². The Morgan fingerprint density at radius 1 is 1.00 bits per heavy atom. The predicted octanol–water partition coefficient (Wildman–Crippen LogP) is 3.03. The molecule has 0 fully saturated rings. The number of nitrogens with two attached hydrogens (primary N) is 1. The standard InChI is InChI=1S/C10H8IN/c11-9-6-5-7-3-1-2-4-8(7)10(9)12/h1-6H,12H2. The molecule has 0 unspecified atom stereocenters. The van der Waals surface area contributed by atoms with Crippen molar-refractivity contribution < 1.29 is 0 Å². The van der Waals surface area contributed by atoms with E-state index in [1.54, 1.807) is 0 Å². The van der Waals surface area contributed by atoms with E-state index in [-0.39, 0.29) is 0 Å². The van der Waals surface area contributed by atoms with Crippen molar-refractivity contribution in [2.24, 2.45) is 0 Å². The molecule has 0 radical (unpaired) electrons. The van der Waals surface area contributed by atoms with Crippen molar-refractivity contribution in [3.63, 3.8) is 0 Å². The van der Waals surface area contributed by atoms with Crippen molar-refractivity contribution in [2.75, 3.05) is 5.73 Å². The van der Waals surface area contributed by atoms with E-state index < -0.39 is 0 Å². The lowest BCUT2D eigenvalue weighted by molar-refractivity contribution is 1.68. The molecule has 0 saturated carbocycles. The van der Waals surface area contributed by atoms with E-state index in [0.29, 0.717) is 0 Å². The van der Waals surface area contributed by atoms with Gasteiger partial charge in [0.25, 0.3) is 0 Å². The molecule has 0 aromatic heterocycles. The van der Waals surface area contributed by atoms with Gasteiger partial charge >= 0.3 is 0 Å². The first-order valence-electron chi connectivity index (χ1n) is 3.72. The van der Waals surface area contributed by atoms with Gasteiger partial charge in [0, 0.05) is 8.96 Å². The summed E-state index contributed by atoms with van der Waals surface area (Å²) >= 11 is 2.25. The highest BCUT2D eigenvalue weighted by Crippen LogP contribution is 2.25. The molecule has 0 aliphatic carbocycles. The first-order valence-corrected chi connectivity index (χ1v) is 4.79. The Morgan fingerprint density at radius 2 is 1.75 bits per heavy atom. The van der Waals surface area contributed by atoms with Crippen LogP contribution < -0.4 is 5.73 Å². The van der Waals surface area contributed by atoms with Crippen molar-refractivity contribution in [1.82, 2.24) is 0 Å². The Kier molecular flexibility index (Phi) is 1.92. The van der Waals surface area contributed by atoms with Crippen LogP contribution in [0.15, 0.2) is 36.4 Å². The molecule has 0 heterocycles. The van der Waals surface area contributed by atoms with Gasteiger partial charge in [-0.1, -0.05) is 30.3 Å². The van der Waals surface area contributed by atoms with Gasteiger partial charge in [0.1, 0.15) is 0 Å². The predicted molar refractivity (Wildman–Crippen MR) is 61.1 cm³/mol. The molecule has 0 saturated heterocycles. The maximum Gasteiger partial charge on any atom is 0.0529 e. The zero-order chi connectivity index (χ0) is 8.55. The van der Waals surface area contributed by atoms with Gasteiger partial charge in [-0.25, -0.2) is 0 Å². The first kappa shape index (κ1) is 7.86. The quantitative estimate of drug-likeness (QED) is 0.577. The number of fused-ring (bicyclic) bond motifs is 1. The van der Waals surface area contributed by atoms with Gasteiger partial charge < -0.3 is 5.73 Å². The fourth-order valence-corrected chi connectivity index (χ4v) is 1.74. The molecule has 2 aromatic rings. The van der Waals surface area contributed by atoms with E-state index in [1.807, 2.05) is 24.3 Å². The van der Waals surface area contributed by atoms with Gasteiger partial charge in [-0.2, -0.15) is 0 Å². The van der Waals surface area contributed by atoms with Crippen molar-refractivity contribution in [2.45, 2.75) is 0 Å². The average Bonchev–Trinajstić information content (AvgIpc) is 2.12. The number of rotatable bonds is 0. The molecule has 2 N–H and O–H groups in total. The van der Waals surface area contributed by atoms with Crippen LogP contribution in [0, 0.1) is 3.57 Å². The summed E-state index contributed by atoms with van der Waals surface area (Å²) in [7, 11) is 0. The first-order chi connectivity index (χ1) is 5.79. The molecule has 0 aliphatic rings. The highest BCUT2D eigenvalue weighted by molar-refractivity contribution is 14.1. The third-order valence-corrected chi connectivity index (χ3v) is 2.86. The highest BCUT2D eigenvalue weighted by Gasteiger charge is 1.99. The lowest BCUT2D eigenvalue weighted by Crippen LogP contribution is -1.89. The fourth-order valence-electron chi connectivity index (χ4n) is 1.27. The summed E-state index contributed by atoms with van der Waals surface area (Å²) in [5.41, 5.74) is 6.79. The minimum Gasteiger partial charge on any atom is -0.397 e. The van der Waals surface area contributed by atoms with Crippen LogP contribution in [0.25, 0.3) is 10.8 Å². The fraction of sp³-hybridized carbons (Fsp3) is 0. The van der Waals surface area contributed by atoms with Crippen LogP contribution in [0.4, 0.5) is 5.69 Å². The van der Waals surface area contributed by atoms with Crippen molar-refractivity contribution in [1.29, 1.82) is 0 Å². The summed E-state index contributed by atoms with van der Waals surface area (Å²) in [5, 5.41) is 2.35. The molecular weight excluding hydrogens is 261 g/mol. The summed E-state index contributed by atoms with van der Waals surface area (Å²) in [6.45, 7) is 0. The Bertz CT molecular complexity index is 423. The smallest absolute Gasteiger partial charge is 0.0529 e. The number of halogens is 1. The molecule has 12 heavy (non-hydrogen) atoms. The van der Waals surface area contributed by atoms with E-state index in [2.05, 4.69) is 34.7 Å². The third-order valence-electron chi connectivity index (χ3n) is 1.92. The summed E-state index contributed by atoms with van der Waals surface area (Å²) < 4.78 is 1.12. The Labute approximate surface area is 84.7 Å². The van der Waals surface area contributed by atoms with E-state index in [9.17, 15) is 0 Å². The summed E-state index contributed by atoms with van der Waals surface area (Å²) in [6.07, 6.45) is 0. The second-order valence-corrected chi connectivity index (χ2v) is 3.84. The molecule has 60 valence electrons. The summed E-state index contributed by atoms with van der Waals surface area (Å²) in [5.74, 6) is 0. The van der Waals surface area contributed by atoms with E-state index in [1.165, 1.54) is 5.39 Å². The van der Waals surface area contributed by atoms with Crippen LogP contribution >= 0.6 is 22.6 Å². The van der Waals surface area contributed by atoms with Crippen LogP contribution in [0.5, 0.6) is 0 Å². The molecule has 1 nitrogen and oxygen atoms in total. The van der Waals surface area contributed by atoms with Gasteiger partial charge in [-0.3, -0.25) is 0 Å². The van der Waals surface area contributed by atoms with Gasteiger partial charge in [0.15, 0.2) is 0 Å². The van der Waals surface area contributed by atoms with Gasteiger partial charge in [0.05, 0.1) is 5.69 Å². The maximum atomic E-state index is 5.91. The van der Waals surface area contributed by atoms with Gasteiger partial charge in [0.2, 0.25) is 0 Å². The van der Waals surface area contributed by atoms with Crippen molar-refractivity contribution >= 4 is 39.1 Å². The van der Waals surface area contributed by atoms with E-state index >= 15 is 0 Å². The van der Waals surface area contributed by atoms with Crippen molar-refractivity contribution in [3.8, 4) is 0 Å². The molecule has 2 rings (SSSR count). The third kappa shape index (κ3) is 1.16. The number of nitrogen functional groups attached to an aromatic ring is 1. The monoisotopic (exact) mass is 269 g/mol. The van der Waals surface area contributed by atoms with Crippen LogP contribution in [0.3, 0.4) is 0 Å². The number of benzene rings is 2. The number of hydrogen-bond acceptors (Lipinski definition) is 1. The summed E-state index contributed by atoms with van der Waals surface area (Å²) in [6, 6.07) is 12.3. The molecule has 2 heteroatoms. The largest absolute Gasteiger partial charge is 0.397 e. The van der Waals surface area contributed by atoms with Gasteiger partial charge in [-0.15, -0.1) is 0 Å². The zero-order valence-corrected chi connectivity index (χ0v) is 8.58. The average molecular weight is 269 g/mol. The minimum absolute atomic E-state index is 0.883. The molecule has 0 aliphatic heterocycles. The molecule has 0 bridgehead atoms. The van der Waals surface area contributed by atoms with Crippen LogP contribution in [-0.2, 0) is 0 Å². The Morgan fingerprint density at radius 3 is 2.58 bits per heavy atom. The topological polar surface area (TPSA) is 26.0 Å². The Hall–Kier alpha value is -0.770. The lowest BCUT2D eigenvalue weighted by Gasteiger charge is -2.02. The number of hydrogen-bond donors (Lipinski definition) is 1. The molecular formula is C10H8IN. The van der Waals surface area contributed by atoms with E-state index in [0.717, 1.165) is 14.6 Å². The summed E-state index contributed by atoms with van der Waals surface area (Å²) in [4.78, 5) is 0. The molecule has 0 atom stereocenters. The van der Waals surface area contributed by atoms with E-state index in [4.69, 9.17) is 5.73 Å². The minimum atomic E-state index is 0.883. The second-order valence-electron chi connectivity index (χ2n) is 2.68. The highest BCUT2D eigenvalue weighted by atomic mass is 127. The zero-order valence-electron chi connectivity index (χ0n) is 6.42. The van der Waals surface area contributed by atoms with Gasteiger partial charge in [-0.05, 0) is 34.0 Å².